The van der Waals surface area contributed by atoms with Gasteiger partial charge in [0.2, 0.25) is 15.9 Å². The number of imide groups is 1. The minimum Gasteiger partial charge on any atom is -0.497 e. The Balaban J connectivity index is 1.69. The van der Waals surface area contributed by atoms with Crippen LogP contribution in [-0.2, 0) is 25.2 Å². The fourth-order valence-electron chi connectivity index (χ4n) is 3.46. The van der Waals surface area contributed by atoms with E-state index in [2.05, 4.69) is 10.6 Å². The number of amides is 4. The van der Waals surface area contributed by atoms with Crippen molar-refractivity contribution in [2.45, 2.75) is 37.2 Å². The van der Waals surface area contributed by atoms with Gasteiger partial charge in [0.1, 0.15) is 17.8 Å². The third kappa shape index (κ3) is 4.75. The van der Waals surface area contributed by atoms with Crippen LogP contribution in [0.3, 0.4) is 0 Å². The molecule has 1 heterocycles. The molecule has 1 saturated heterocycles. The average molecular weight is 489 g/mol. The second kappa shape index (κ2) is 9.43. The zero-order chi connectivity index (χ0) is 25.3. The van der Waals surface area contributed by atoms with Crippen molar-refractivity contribution in [3.63, 3.8) is 0 Å². The van der Waals surface area contributed by atoms with Crippen LogP contribution in [0.15, 0.2) is 53.4 Å². The van der Waals surface area contributed by atoms with Crippen LogP contribution in [0.1, 0.15) is 26.3 Å². The Labute approximate surface area is 198 Å². The summed E-state index contributed by atoms with van der Waals surface area (Å²) in [7, 11) is -0.636. The minimum atomic E-state index is -3.65. The molecule has 2 N–H and O–H groups in total. The summed E-state index contributed by atoms with van der Waals surface area (Å²) >= 11 is 0. The van der Waals surface area contributed by atoms with Gasteiger partial charge in [0.15, 0.2) is 0 Å². The van der Waals surface area contributed by atoms with Crippen molar-refractivity contribution in [1.29, 1.82) is 0 Å². The van der Waals surface area contributed by atoms with Crippen molar-refractivity contribution in [2.75, 3.05) is 26.0 Å². The molecular formula is C23H28N4O6S. The highest BCUT2D eigenvalue weighted by Gasteiger charge is 2.49. The first-order chi connectivity index (χ1) is 15.9. The van der Waals surface area contributed by atoms with Crippen LogP contribution >= 0.6 is 0 Å². The van der Waals surface area contributed by atoms with Crippen molar-refractivity contribution < 1.29 is 27.5 Å². The number of nitrogens with one attached hydrogen (secondary N) is 2. The summed E-state index contributed by atoms with van der Waals surface area (Å²) in [6, 6.07) is 11.5. The summed E-state index contributed by atoms with van der Waals surface area (Å²) in [6.45, 7) is 4.61. The Kier molecular flexibility index (Phi) is 6.99. The lowest BCUT2D eigenvalue weighted by Crippen LogP contribution is -2.42. The number of carbonyl (C=O) groups excluding carboxylic acids is 3. The topological polar surface area (TPSA) is 125 Å². The molecule has 2 aromatic rings. The number of hydrogen-bond acceptors (Lipinski definition) is 6. The summed E-state index contributed by atoms with van der Waals surface area (Å²) in [5.41, 5.74) is -0.430. The standard InChI is InChI=1S/C23H28N4O6S/c1-15(2)26(4)34(31,32)19-12-8-17(9-13-19)24-20(28)14-27-21(29)23(3,25-22(27)30)16-6-10-18(33-5)11-7-16/h6-13,15H,14H2,1-5H3,(H,24,28)(H,25,30). The van der Waals surface area contributed by atoms with Crippen molar-refractivity contribution >= 4 is 33.6 Å². The molecule has 2 aromatic carbocycles. The number of methoxy groups -OCH3 is 1. The molecule has 34 heavy (non-hydrogen) atoms. The second-order valence-electron chi connectivity index (χ2n) is 8.36. The molecule has 4 amide bonds. The van der Waals surface area contributed by atoms with E-state index in [0.29, 0.717) is 17.0 Å². The molecule has 1 aliphatic rings. The molecule has 10 nitrogen and oxygen atoms in total. The van der Waals surface area contributed by atoms with E-state index in [1.807, 2.05) is 0 Å². The molecule has 0 bridgehead atoms. The molecule has 1 unspecified atom stereocenters. The van der Waals surface area contributed by atoms with E-state index >= 15 is 0 Å². The van der Waals surface area contributed by atoms with Crippen molar-refractivity contribution in [2.24, 2.45) is 0 Å². The first-order valence-electron chi connectivity index (χ1n) is 10.6. The Morgan fingerprint density at radius 2 is 1.71 bits per heavy atom. The van der Waals surface area contributed by atoms with E-state index in [1.165, 1.54) is 42.7 Å². The van der Waals surface area contributed by atoms with Crippen LogP contribution < -0.4 is 15.4 Å². The van der Waals surface area contributed by atoms with Gasteiger partial charge < -0.3 is 15.4 Å². The molecule has 0 aromatic heterocycles. The maximum atomic E-state index is 13.0. The van der Waals surface area contributed by atoms with Gasteiger partial charge in [-0.25, -0.2) is 13.2 Å². The van der Waals surface area contributed by atoms with E-state index < -0.39 is 40.0 Å². The fraction of sp³-hybridized carbons (Fsp3) is 0.348. The zero-order valence-electron chi connectivity index (χ0n) is 19.7. The molecule has 3 rings (SSSR count). The fourth-order valence-corrected chi connectivity index (χ4v) is 4.83. The third-order valence-electron chi connectivity index (χ3n) is 5.79. The number of rotatable bonds is 8. The van der Waals surface area contributed by atoms with Gasteiger partial charge in [-0.05, 0) is 62.7 Å². The molecule has 0 spiro atoms. The maximum Gasteiger partial charge on any atom is 0.325 e. The molecule has 0 radical (unpaired) electrons. The third-order valence-corrected chi connectivity index (χ3v) is 7.83. The summed E-state index contributed by atoms with van der Waals surface area (Å²) in [6.07, 6.45) is 0. The van der Waals surface area contributed by atoms with Crippen LogP contribution in [0.2, 0.25) is 0 Å². The number of anilines is 1. The maximum absolute atomic E-state index is 13.0. The molecule has 182 valence electrons. The smallest absolute Gasteiger partial charge is 0.325 e. The van der Waals surface area contributed by atoms with Crippen molar-refractivity contribution in [1.82, 2.24) is 14.5 Å². The summed E-state index contributed by atoms with van der Waals surface area (Å²) in [5, 5.41) is 5.23. The monoisotopic (exact) mass is 488 g/mol. The van der Waals surface area contributed by atoms with E-state index in [9.17, 15) is 22.8 Å². The van der Waals surface area contributed by atoms with Crippen LogP contribution in [0, 0.1) is 0 Å². The Morgan fingerprint density at radius 3 is 2.24 bits per heavy atom. The van der Waals surface area contributed by atoms with Gasteiger partial charge >= 0.3 is 6.03 Å². The predicted octanol–water partition coefficient (Wildman–Crippen LogP) is 2.13. The number of hydrogen-bond donors (Lipinski definition) is 2. The zero-order valence-corrected chi connectivity index (χ0v) is 20.5. The van der Waals surface area contributed by atoms with Gasteiger partial charge in [-0.15, -0.1) is 0 Å². The number of carbonyl (C=O) groups is 3. The molecule has 1 fully saturated rings. The number of benzene rings is 2. The molecule has 1 atom stereocenters. The lowest BCUT2D eigenvalue weighted by Gasteiger charge is -2.22. The lowest BCUT2D eigenvalue weighted by molar-refractivity contribution is -0.133. The van der Waals surface area contributed by atoms with Crippen molar-refractivity contribution in [3.8, 4) is 5.75 Å². The van der Waals surface area contributed by atoms with Crippen LogP contribution in [-0.4, -0.2) is 62.2 Å². The first kappa shape index (κ1) is 25.2. The number of ether oxygens (including phenoxy) is 1. The van der Waals surface area contributed by atoms with Crippen molar-refractivity contribution in [3.05, 3.63) is 54.1 Å². The van der Waals surface area contributed by atoms with Gasteiger partial charge in [-0.1, -0.05) is 12.1 Å². The highest BCUT2D eigenvalue weighted by atomic mass is 32.2. The normalized spacial score (nSPS) is 18.4. The van der Waals surface area contributed by atoms with E-state index in [-0.39, 0.29) is 10.9 Å². The van der Waals surface area contributed by atoms with Gasteiger partial charge in [-0.2, -0.15) is 4.31 Å². The first-order valence-corrected chi connectivity index (χ1v) is 12.0. The van der Waals surface area contributed by atoms with Gasteiger partial charge in [0.25, 0.3) is 5.91 Å². The lowest BCUT2D eigenvalue weighted by atomic mass is 9.92. The highest BCUT2D eigenvalue weighted by molar-refractivity contribution is 7.89. The number of urea groups is 1. The molecule has 1 aliphatic heterocycles. The molecule has 11 heteroatoms. The number of sulfonamides is 1. The summed E-state index contributed by atoms with van der Waals surface area (Å²) in [4.78, 5) is 39.0. The predicted molar refractivity (Wildman–Crippen MR) is 126 cm³/mol. The quantitative estimate of drug-likeness (QED) is 0.549. The van der Waals surface area contributed by atoms with Gasteiger partial charge in [-0.3, -0.25) is 14.5 Å². The van der Waals surface area contributed by atoms with E-state index in [0.717, 1.165) is 4.90 Å². The van der Waals surface area contributed by atoms with Gasteiger partial charge in [0.05, 0.1) is 12.0 Å². The van der Waals surface area contributed by atoms with Crippen LogP contribution in [0.5, 0.6) is 5.75 Å². The summed E-state index contributed by atoms with van der Waals surface area (Å²) in [5.74, 6) is -0.552. The Hall–Kier alpha value is -3.44. The van der Waals surface area contributed by atoms with E-state index in [4.69, 9.17) is 4.74 Å². The number of nitrogens with zero attached hydrogens (tertiary/aromatic N) is 2. The average Bonchev–Trinajstić information content (AvgIpc) is 3.02. The van der Waals surface area contributed by atoms with Crippen LogP contribution in [0.25, 0.3) is 0 Å². The minimum absolute atomic E-state index is 0.0889. The van der Waals surface area contributed by atoms with Crippen LogP contribution in [0.4, 0.5) is 10.5 Å². The SMILES string of the molecule is COc1ccc(C2(C)NC(=O)N(CC(=O)Nc3ccc(S(=O)(=O)N(C)C(C)C)cc3)C2=O)cc1. The molecule has 0 saturated carbocycles. The molecule has 0 aliphatic carbocycles. The molecular weight excluding hydrogens is 460 g/mol. The highest BCUT2D eigenvalue weighted by Crippen LogP contribution is 2.30. The van der Waals surface area contributed by atoms with E-state index in [1.54, 1.807) is 45.0 Å². The Bertz CT molecular complexity index is 1190. The summed E-state index contributed by atoms with van der Waals surface area (Å²) < 4.78 is 31.5. The largest absolute Gasteiger partial charge is 0.497 e. The second-order valence-corrected chi connectivity index (χ2v) is 10.4. The van der Waals surface area contributed by atoms with Gasteiger partial charge in [0, 0.05) is 18.8 Å². The Morgan fingerprint density at radius 1 is 1.12 bits per heavy atom.